The normalized spacial score (nSPS) is 23.1. The number of nitrogens with zero attached hydrogens (tertiary/aromatic N) is 1. The Balaban J connectivity index is 1.86. The van der Waals surface area contributed by atoms with Crippen LogP contribution in [0.5, 0.6) is 0 Å². The average Bonchev–Trinajstić information content (AvgIpc) is 3.04. The smallest absolute Gasteiger partial charge is 0.411 e. The lowest BCUT2D eigenvalue weighted by Gasteiger charge is -2.44. The van der Waals surface area contributed by atoms with Gasteiger partial charge in [-0.3, -0.25) is 4.90 Å². The van der Waals surface area contributed by atoms with Crippen LogP contribution in [-0.4, -0.2) is 38.7 Å². The molecular weight excluding hydrogens is 368 g/mol. The molecule has 6 nitrogen and oxygen atoms in total. The highest BCUT2D eigenvalue weighted by Gasteiger charge is 2.47. The predicted octanol–water partition coefficient (Wildman–Crippen LogP) is 5.04. The summed E-state index contributed by atoms with van der Waals surface area (Å²) in [7, 11) is 0. The zero-order valence-electron chi connectivity index (χ0n) is 17.4. The van der Waals surface area contributed by atoms with Crippen LogP contribution in [0.1, 0.15) is 70.2 Å². The van der Waals surface area contributed by atoms with E-state index in [1.54, 1.807) is 0 Å². The number of hydrogen-bond donors (Lipinski definition) is 2. The Kier molecular flexibility index (Phi) is 5.05. The van der Waals surface area contributed by atoms with E-state index in [-0.39, 0.29) is 18.4 Å². The summed E-state index contributed by atoms with van der Waals surface area (Å²) in [5, 5.41) is 11.1. The van der Waals surface area contributed by atoms with Crippen molar-refractivity contribution in [2.24, 2.45) is 5.92 Å². The van der Waals surface area contributed by atoms with Crippen LogP contribution in [0.2, 0.25) is 0 Å². The minimum atomic E-state index is -0.979. The number of carbonyl (C=O) groups excluding carboxylic acids is 1. The van der Waals surface area contributed by atoms with Crippen molar-refractivity contribution in [1.82, 2.24) is 9.88 Å². The second-order valence-electron chi connectivity index (χ2n) is 9.35. The van der Waals surface area contributed by atoms with Crippen molar-refractivity contribution < 1.29 is 19.4 Å². The lowest BCUT2D eigenvalue weighted by molar-refractivity contribution is -0.145. The largest absolute Gasteiger partial charge is 0.480 e. The summed E-state index contributed by atoms with van der Waals surface area (Å²) in [4.78, 5) is 30.5. The van der Waals surface area contributed by atoms with Gasteiger partial charge in [0.1, 0.15) is 11.6 Å². The number of ether oxygens (including phenoxy) is 1. The Morgan fingerprint density at radius 1 is 1.14 bits per heavy atom. The minimum absolute atomic E-state index is 0.227. The maximum atomic E-state index is 13.2. The zero-order chi connectivity index (χ0) is 20.8. The third-order valence-corrected chi connectivity index (χ3v) is 6.16. The number of H-pyrrole nitrogens is 1. The molecule has 2 aliphatic rings. The third-order valence-electron chi connectivity index (χ3n) is 6.16. The number of nitrogens with one attached hydrogen (secondary N) is 1. The van der Waals surface area contributed by atoms with E-state index in [1.807, 2.05) is 45.0 Å². The van der Waals surface area contributed by atoms with E-state index in [1.165, 1.54) is 11.3 Å². The summed E-state index contributed by atoms with van der Waals surface area (Å²) in [6, 6.07) is 6.76. The topological polar surface area (TPSA) is 82.6 Å². The van der Waals surface area contributed by atoms with Gasteiger partial charge in [0, 0.05) is 23.0 Å². The van der Waals surface area contributed by atoms with Gasteiger partial charge in [0.2, 0.25) is 0 Å². The number of aromatic nitrogens is 1. The van der Waals surface area contributed by atoms with E-state index in [0.717, 1.165) is 47.8 Å². The summed E-state index contributed by atoms with van der Waals surface area (Å²) in [6.45, 7) is 5.44. The van der Waals surface area contributed by atoms with Crippen LogP contribution in [0, 0.1) is 5.92 Å². The Labute approximate surface area is 171 Å². The molecule has 1 aromatic heterocycles. The molecule has 0 bridgehead atoms. The van der Waals surface area contributed by atoms with Gasteiger partial charge in [-0.05, 0) is 51.2 Å². The molecule has 1 aromatic carbocycles. The van der Waals surface area contributed by atoms with Crippen molar-refractivity contribution in [2.75, 3.05) is 0 Å². The molecule has 2 atom stereocenters. The molecule has 1 amide bonds. The molecule has 156 valence electrons. The number of aliphatic carboxylic acids is 1. The Bertz CT molecular complexity index is 921. The van der Waals surface area contributed by atoms with Crippen molar-refractivity contribution in [2.45, 2.75) is 77.0 Å². The average molecular weight is 399 g/mol. The lowest BCUT2D eigenvalue weighted by atomic mass is 9.78. The zero-order valence-corrected chi connectivity index (χ0v) is 17.4. The van der Waals surface area contributed by atoms with Crippen molar-refractivity contribution in [3.05, 3.63) is 35.5 Å². The number of carbonyl (C=O) groups is 2. The van der Waals surface area contributed by atoms with Gasteiger partial charge >= 0.3 is 12.1 Å². The molecular formula is C23H30N2O4. The summed E-state index contributed by atoms with van der Waals surface area (Å²) < 4.78 is 5.68. The van der Waals surface area contributed by atoms with Gasteiger partial charge < -0.3 is 14.8 Å². The molecule has 2 heterocycles. The molecule has 2 N–H and O–H groups in total. The molecule has 1 aliphatic carbocycles. The summed E-state index contributed by atoms with van der Waals surface area (Å²) in [6.07, 6.45) is 5.14. The van der Waals surface area contributed by atoms with Crippen LogP contribution >= 0.6 is 0 Å². The van der Waals surface area contributed by atoms with Gasteiger partial charge in [-0.1, -0.05) is 37.5 Å². The molecule has 2 unspecified atom stereocenters. The predicted molar refractivity (Wildman–Crippen MR) is 111 cm³/mol. The fraction of sp³-hybridized carbons (Fsp3) is 0.565. The fourth-order valence-corrected chi connectivity index (χ4v) is 4.99. The van der Waals surface area contributed by atoms with Gasteiger partial charge in [0.15, 0.2) is 0 Å². The van der Waals surface area contributed by atoms with Gasteiger partial charge in [-0.15, -0.1) is 0 Å². The van der Waals surface area contributed by atoms with Crippen LogP contribution in [0.3, 0.4) is 0 Å². The highest BCUT2D eigenvalue weighted by Crippen LogP contribution is 2.46. The first-order chi connectivity index (χ1) is 13.8. The standard InChI is InChI=1S/C23H30N2O4/c1-23(2,3)29-22(28)25-18(21(26)27)13-16-15-11-7-8-12-17(15)24-19(16)20(25)14-9-5-4-6-10-14/h7-8,11-12,14,18,20,24H,4-6,9-10,13H2,1-3H3,(H,26,27). The SMILES string of the molecule is CC(C)(C)OC(=O)N1C(C(=O)O)Cc2c([nH]c3ccccc23)C1C1CCCCC1. The fourth-order valence-electron chi connectivity index (χ4n) is 4.99. The number of hydrogen-bond acceptors (Lipinski definition) is 3. The molecule has 2 aromatic rings. The first-order valence-corrected chi connectivity index (χ1v) is 10.6. The second kappa shape index (κ2) is 7.39. The number of para-hydroxylation sites is 1. The molecule has 0 spiro atoms. The molecule has 1 fully saturated rings. The molecule has 0 radical (unpaired) electrons. The Hall–Kier alpha value is -2.50. The first-order valence-electron chi connectivity index (χ1n) is 10.6. The van der Waals surface area contributed by atoms with Gasteiger partial charge in [-0.2, -0.15) is 0 Å². The molecule has 1 aliphatic heterocycles. The number of carboxylic acid groups (broad SMARTS) is 1. The quantitative estimate of drug-likeness (QED) is 0.743. The maximum Gasteiger partial charge on any atom is 0.411 e. The molecule has 4 rings (SSSR count). The molecule has 0 saturated heterocycles. The summed E-state index contributed by atoms with van der Waals surface area (Å²) >= 11 is 0. The van der Waals surface area contributed by atoms with Crippen molar-refractivity contribution in [3.8, 4) is 0 Å². The maximum absolute atomic E-state index is 13.2. The minimum Gasteiger partial charge on any atom is -0.480 e. The van der Waals surface area contributed by atoms with Crippen molar-refractivity contribution >= 4 is 23.0 Å². The van der Waals surface area contributed by atoms with E-state index in [2.05, 4.69) is 4.98 Å². The van der Waals surface area contributed by atoms with Crippen LogP contribution in [-0.2, 0) is 16.0 Å². The number of aromatic amines is 1. The first kappa shape index (κ1) is 19.8. The van der Waals surface area contributed by atoms with E-state index in [0.29, 0.717) is 0 Å². The lowest BCUT2D eigenvalue weighted by Crippen LogP contribution is -2.54. The third kappa shape index (κ3) is 3.72. The van der Waals surface area contributed by atoms with E-state index < -0.39 is 23.7 Å². The summed E-state index contributed by atoms with van der Waals surface area (Å²) in [5.41, 5.74) is 2.33. The second-order valence-corrected chi connectivity index (χ2v) is 9.35. The number of rotatable bonds is 2. The Morgan fingerprint density at radius 3 is 2.48 bits per heavy atom. The van der Waals surface area contributed by atoms with Crippen LogP contribution in [0.25, 0.3) is 10.9 Å². The van der Waals surface area contributed by atoms with Crippen molar-refractivity contribution in [3.63, 3.8) is 0 Å². The summed E-state index contributed by atoms with van der Waals surface area (Å²) in [5.74, 6) is -0.752. The number of fused-ring (bicyclic) bond motifs is 3. The Morgan fingerprint density at radius 2 is 1.83 bits per heavy atom. The monoisotopic (exact) mass is 398 g/mol. The van der Waals surface area contributed by atoms with Crippen LogP contribution in [0.15, 0.2) is 24.3 Å². The van der Waals surface area contributed by atoms with Gasteiger partial charge in [0.05, 0.1) is 6.04 Å². The van der Waals surface area contributed by atoms with E-state index in [9.17, 15) is 14.7 Å². The van der Waals surface area contributed by atoms with Crippen LogP contribution in [0.4, 0.5) is 4.79 Å². The van der Waals surface area contributed by atoms with Gasteiger partial charge in [-0.25, -0.2) is 9.59 Å². The highest BCUT2D eigenvalue weighted by molar-refractivity contribution is 5.88. The number of benzene rings is 1. The number of carboxylic acids is 1. The van der Waals surface area contributed by atoms with Crippen molar-refractivity contribution in [1.29, 1.82) is 0 Å². The van der Waals surface area contributed by atoms with E-state index in [4.69, 9.17) is 4.74 Å². The number of amides is 1. The highest BCUT2D eigenvalue weighted by atomic mass is 16.6. The molecule has 1 saturated carbocycles. The van der Waals surface area contributed by atoms with Gasteiger partial charge in [0.25, 0.3) is 0 Å². The van der Waals surface area contributed by atoms with E-state index >= 15 is 0 Å². The molecule has 6 heteroatoms. The van der Waals surface area contributed by atoms with Crippen LogP contribution < -0.4 is 0 Å². The molecule has 29 heavy (non-hydrogen) atoms.